The molecule has 2 aliphatic rings. The highest BCUT2D eigenvalue weighted by molar-refractivity contribution is 6.11. The van der Waals surface area contributed by atoms with E-state index >= 15 is 0 Å². The van der Waals surface area contributed by atoms with Gasteiger partial charge in [0.1, 0.15) is 19.7 Å². The first kappa shape index (κ1) is 21.7. The Kier molecular flexibility index (Phi) is 7.44. The summed E-state index contributed by atoms with van der Waals surface area (Å²) in [6.45, 7) is 7.01. The lowest BCUT2D eigenvalue weighted by Gasteiger charge is -2.15. The van der Waals surface area contributed by atoms with Crippen LogP contribution in [0.1, 0.15) is 39.2 Å². The second-order valence-corrected chi connectivity index (χ2v) is 8.25. The molecular weight excluding hydrogens is 350 g/mol. The van der Waals surface area contributed by atoms with Crippen LogP contribution in [0.25, 0.3) is 0 Å². The molecule has 5 heteroatoms. The lowest BCUT2D eigenvalue weighted by Crippen LogP contribution is -2.19. The first-order valence-electron chi connectivity index (χ1n) is 9.85. The van der Waals surface area contributed by atoms with E-state index in [9.17, 15) is 4.79 Å². The summed E-state index contributed by atoms with van der Waals surface area (Å²) in [5, 5.41) is 3.17. The summed E-state index contributed by atoms with van der Waals surface area (Å²) < 4.78 is 6.79. The zero-order chi connectivity index (χ0) is 20.7. The zero-order valence-corrected chi connectivity index (χ0v) is 18.1. The van der Waals surface area contributed by atoms with Gasteiger partial charge in [0.15, 0.2) is 0 Å². The molecule has 0 radical (unpaired) electrons. The fourth-order valence-corrected chi connectivity index (χ4v) is 3.56. The lowest BCUT2D eigenvalue weighted by atomic mass is 10.1. The minimum Gasteiger partial charge on any atom is -0.462 e. The van der Waals surface area contributed by atoms with Crippen molar-refractivity contribution < 1.29 is 14.1 Å². The Hall–Kier alpha value is -2.56. The molecule has 1 aromatic carbocycles. The molecule has 0 aromatic heterocycles. The van der Waals surface area contributed by atoms with Gasteiger partial charge in [0.05, 0.1) is 0 Å². The van der Waals surface area contributed by atoms with Crippen LogP contribution in [0.15, 0.2) is 47.8 Å². The van der Waals surface area contributed by atoms with Gasteiger partial charge in [-0.15, -0.1) is 0 Å². The highest BCUT2D eigenvalue weighted by Crippen LogP contribution is 2.32. The second-order valence-electron chi connectivity index (χ2n) is 8.25. The molecule has 0 bridgehead atoms. The molecule has 1 aliphatic heterocycles. The van der Waals surface area contributed by atoms with E-state index in [0.717, 1.165) is 25.8 Å². The molecule has 1 aliphatic carbocycles. The average molecular weight is 385 g/mol. The number of rotatable bonds is 3. The van der Waals surface area contributed by atoms with Crippen molar-refractivity contribution in [1.82, 2.24) is 5.32 Å². The Labute approximate surface area is 169 Å². The Morgan fingerprint density at radius 2 is 1.79 bits per heavy atom. The predicted octanol–water partition coefficient (Wildman–Crippen LogP) is 3.50. The fourth-order valence-electron chi connectivity index (χ4n) is 3.56. The van der Waals surface area contributed by atoms with Gasteiger partial charge >= 0.3 is 0 Å². The smallest absolute Gasteiger partial charge is 0.293 e. The van der Waals surface area contributed by atoms with Crippen molar-refractivity contribution in [2.24, 2.45) is 0 Å². The number of hydrogen-bond donors (Lipinski definition) is 1. The number of fused-ring (bicyclic) bond motifs is 1. The molecule has 1 aromatic rings. The summed E-state index contributed by atoms with van der Waals surface area (Å²) >= 11 is 0. The van der Waals surface area contributed by atoms with Crippen molar-refractivity contribution in [2.75, 3.05) is 32.6 Å². The SMILES string of the molecule is CC(C)(C)OC=O.CN/C=C1\CC/C(=C\N2CCc3ccccc32)C1=[N+](C)C. The molecule has 0 amide bonds. The van der Waals surface area contributed by atoms with Crippen molar-refractivity contribution in [2.45, 2.75) is 45.6 Å². The van der Waals surface area contributed by atoms with Crippen molar-refractivity contribution in [1.29, 1.82) is 0 Å². The van der Waals surface area contributed by atoms with E-state index in [-0.39, 0.29) is 5.60 Å². The fraction of sp³-hybridized carbons (Fsp3) is 0.478. The highest BCUT2D eigenvalue weighted by Gasteiger charge is 2.29. The molecule has 1 fully saturated rings. The van der Waals surface area contributed by atoms with E-state index in [0.29, 0.717) is 6.47 Å². The first-order chi connectivity index (χ1) is 13.3. The minimum absolute atomic E-state index is 0.318. The Balaban J connectivity index is 0.000000345. The van der Waals surface area contributed by atoms with Gasteiger partial charge in [-0.05, 0) is 51.7 Å². The molecule has 0 spiro atoms. The third kappa shape index (κ3) is 5.72. The summed E-state index contributed by atoms with van der Waals surface area (Å²) in [6, 6.07) is 8.74. The van der Waals surface area contributed by atoms with Crippen LogP contribution in [0.5, 0.6) is 0 Å². The number of hydrogen-bond acceptors (Lipinski definition) is 4. The van der Waals surface area contributed by atoms with Crippen LogP contribution in [-0.2, 0) is 16.0 Å². The number of ether oxygens (including phenoxy) is 1. The molecule has 1 N–H and O–H groups in total. The topological polar surface area (TPSA) is 44.6 Å². The van der Waals surface area contributed by atoms with E-state index in [4.69, 9.17) is 0 Å². The number of carbonyl (C=O) groups excluding carboxylic acids is 1. The van der Waals surface area contributed by atoms with Gasteiger partial charge in [-0.2, -0.15) is 0 Å². The maximum Gasteiger partial charge on any atom is 0.293 e. The number of para-hydroxylation sites is 1. The number of nitrogens with one attached hydrogen (secondary N) is 1. The van der Waals surface area contributed by atoms with Crippen molar-refractivity contribution in [3.05, 3.63) is 53.4 Å². The van der Waals surface area contributed by atoms with Gasteiger partial charge < -0.3 is 15.0 Å². The number of carbonyl (C=O) groups is 1. The number of allylic oxidation sites excluding steroid dienone is 2. The van der Waals surface area contributed by atoms with Gasteiger partial charge in [0.2, 0.25) is 5.71 Å². The molecular formula is C23H34N3O2+. The van der Waals surface area contributed by atoms with E-state index in [2.05, 4.69) is 70.3 Å². The van der Waals surface area contributed by atoms with Crippen molar-refractivity contribution >= 4 is 17.9 Å². The molecule has 0 atom stereocenters. The summed E-state index contributed by atoms with van der Waals surface area (Å²) in [6.07, 6.45) is 7.89. The first-order valence-corrected chi connectivity index (χ1v) is 9.85. The lowest BCUT2D eigenvalue weighted by molar-refractivity contribution is -0.463. The molecule has 1 heterocycles. The Bertz CT molecular complexity index is 781. The van der Waals surface area contributed by atoms with Crippen LogP contribution in [0.3, 0.4) is 0 Å². The van der Waals surface area contributed by atoms with Gasteiger partial charge in [0.25, 0.3) is 6.47 Å². The predicted molar refractivity (Wildman–Crippen MR) is 116 cm³/mol. The van der Waals surface area contributed by atoms with E-state index < -0.39 is 0 Å². The van der Waals surface area contributed by atoms with Gasteiger partial charge in [-0.3, -0.25) is 4.79 Å². The summed E-state index contributed by atoms with van der Waals surface area (Å²) in [7, 11) is 6.24. The Morgan fingerprint density at radius 1 is 1.11 bits per heavy atom. The molecule has 28 heavy (non-hydrogen) atoms. The molecule has 3 rings (SSSR count). The number of benzene rings is 1. The molecule has 0 unspecified atom stereocenters. The third-order valence-corrected chi connectivity index (χ3v) is 4.67. The van der Waals surface area contributed by atoms with E-state index in [1.807, 2.05) is 27.8 Å². The third-order valence-electron chi connectivity index (χ3n) is 4.67. The van der Waals surface area contributed by atoms with Crippen molar-refractivity contribution in [3.63, 3.8) is 0 Å². The monoisotopic (exact) mass is 384 g/mol. The van der Waals surface area contributed by atoms with Gasteiger partial charge in [0, 0.05) is 42.8 Å². The Morgan fingerprint density at radius 3 is 2.36 bits per heavy atom. The summed E-state index contributed by atoms with van der Waals surface area (Å²) in [4.78, 5) is 12.0. The number of nitrogens with zero attached hydrogens (tertiary/aromatic N) is 2. The van der Waals surface area contributed by atoms with Gasteiger partial charge in [-0.1, -0.05) is 18.2 Å². The van der Waals surface area contributed by atoms with Crippen molar-refractivity contribution in [3.8, 4) is 0 Å². The largest absolute Gasteiger partial charge is 0.462 e. The standard InChI is InChI=1S/C18H23N3.C5H10O2/c1-19-12-15-8-9-16(18(15)20(2)3)13-21-11-10-14-6-4-5-7-17(14)21;1-5(2,3)7-4-6/h4-7,12-13H,8-11H2,1-3H3;4H,1-3H3/p+1/b16-13+;. The second kappa shape index (κ2) is 9.58. The number of anilines is 1. The maximum atomic E-state index is 9.60. The molecule has 1 saturated carbocycles. The van der Waals surface area contributed by atoms with Crippen LogP contribution in [0.2, 0.25) is 0 Å². The van der Waals surface area contributed by atoms with Crippen LogP contribution in [0.4, 0.5) is 5.69 Å². The van der Waals surface area contributed by atoms with Crippen LogP contribution < -0.4 is 10.2 Å². The maximum absolute atomic E-state index is 9.60. The quantitative estimate of drug-likeness (QED) is 0.640. The normalized spacial score (nSPS) is 18.6. The van der Waals surface area contributed by atoms with Crippen LogP contribution >= 0.6 is 0 Å². The molecule has 152 valence electrons. The average Bonchev–Trinajstić information content (AvgIpc) is 3.20. The van der Waals surface area contributed by atoms with E-state index in [1.54, 1.807) is 0 Å². The summed E-state index contributed by atoms with van der Waals surface area (Å²) in [5.74, 6) is 0. The highest BCUT2D eigenvalue weighted by atomic mass is 16.5. The summed E-state index contributed by atoms with van der Waals surface area (Å²) in [5.41, 5.74) is 6.73. The molecule has 5 nitrogen and oxygen atoms in total. The van der Waals surface area contributed by atoms with Crippen LogP contribution in [-0.4, -0.2) is 50.0 Å². The zero-order valence-electron chi connectivity index (χ0n) is 18.1. The van der Waals surface area contributed by atoms with Crippen LogP contribution in [0, 0.1) is 0 Å². The van der Waals surface area contributed by atoms with Gasteiger partial charge in [-0.25, -0.2) is 4.58 Å². The minimum atomic E-state index is -0.318. The molecule has 0 saturated heterocycles. The van der Waals surface area contributed by atoms with E-state index in [1.165, 1.54) is 28.1 Å².